The van der Waals surface area contributed by atoms with Crippen molar-refractivity contribution in [3.8, 4) is 44.5 Å². The summed E-state index contributed by atoms with van der Waals surface area (Å²) in [4.78, 5) is 2.61. The number of hydrogen-bond acceptors (Lipinski definition) is 1. The first-order valence-electron chi connectivity index (χ1n) is 22.1. The number of benzene rings is 10. The monoisotopic (exact) mass is 803 g/mol. The minimum absolute atomic E-state index is 0.355. The van der Waals surface area contributed by atoms with E-state index < -0.39 is 0 Å². The number of nitrogens with zero attached hydrogens (tertiary/aromatic N) is 1. The van der Waals surface area contributed by atoms with E-state index in [-0.39, 0.29) is 10.8 Å². The topological polar surface area (TPSA) is 3.24 Å². The van der Waals surface area contributed by atoms with E-state index in [1.54, 1.807) is 0 Å². The predicted molar refractivity (Wildman–Crippen MR) is 264 cm³/mol. The van der Waals surface area contributed by atoms with Gasteiger partial charge >= 0.3 is 0 Å². The molecule has 2 unspecified atom stereocenters. The second-order valence-corrected chi connectivity index (χ2v) is 17.4. The molecule has 0 aromatic heterocycles. The van der Waals surface area contributed by atoms with Gasteiger partial charge in [0.1, 0.15) is 0 Å². The molecule has 0 saturated heterocycles. The molecule has 0 fully saturated rings. The van der Waals surface area contributed by atoms with Gasteiger partial charge in [-0.2, -0.15) is 0 Å². The van der Waals surface area contributed by atoms with E-state index in [4.69, 9.17) is 0 Å². The predicted octanol–water partition coefficient (Wildman–Crippen LogP) is 16.3. The summed E-state index contributed by atoms with van der Waals surface area (Å²) >= 11 is 0. The van der Waals surface area contributed by atoms with Crippen molar-refractivity contribution in [1.82, 2.24) is 0 Å². The fourth-order valence-electron chi connectivity index (χ4n) is 11.3. The molecule has 1 heteroatoms. The van der Waals surface area contributed by atoms with E-state index in [0.717, 1.165) is 17.1 Å². The molecule has 0 spiro atoms. The molecule has 298 valence electrons. The average Bonchev–Trinajstić information content (AvgIpc) is 3.79. The van der Waals surface area contributed by atoms with Crippen LogP contribution in [0.25, 0.3) is 55.3 Å². The Morgan fingerprint density at radius 2 is 0.667 bits per heavy atom. The van der Waals surface area contributed by atoms with Crippen LogP contribution in [0.2, 0.25) is 0 Å². The molecule has 1 nitrogen and oxygen atoms in total. The maximum Gasteiger partial charge on any atom is 0.0543 e. The van der Waals surface area contributed by atoms with Crippen molar-refractivity contribution in [2.45, 2.75) is 24.7 Å². The minimum atomic E-state index is -0.355. The van der Waals surface area contributed by atoms with Crippen molar-refractivity contribution in [2.75, 3.05) is 4.90 Å². The third-order valence-corrected chi connectivity index (χ3v) is 14.2. The summed E-state index contributed by atoms with van der Waals surface area (Å²) in [5.74, 6) is 0. The Kier molecular flexibility index (Phi) is 8.49. The van der Waals surface area contributed by atoms with Crippen LogP contribution in [0.3, 0.4) is 0 Å². The number of fused-ring (bicyclic) bond motifs is 7. The molecule has 0 amide bonds. The summed E-state index contributed by atoms with van der Waals surface area (Å²) in [6.45, 7) is 4.83. The average molecular weight is 804 g/mol. The summed E-state index contributed by atoms with van der Waals surface area (Å²) in [6.07, 6.45) is 0. The molecule has 10 aromatic rings. The van der Waals surface area contributed by atoms with Gasteiger partial charge in [0.15, 0.2) is 0 Å². The molecular formula is C62H45N. The molecule has 0 radical (unpaired) electrons. The van der Waals surface area contributed by atoms with Crippen LogP contribution in [0, 0.1) is 0 Å². The van der Waals surface area contributed by atoms with Crippen molar-refractivity contribution in [2.24, 2.45) is 0 Å². The second-order valence-electron chi connectivity index (χ2n) is 17.4. The van der Waals surface area contributed by atoms with Crippen molar-refractivity contribution in [3.63, 3.8) is 0 Å². The Bertz CT molecular complexity index is 3220. The Morgan fingerprint density at radius 1 is 0.286 bits per heavy atom. The quantitative estimate of drug-likeness (QED) is 0.155. The van der Waals surface area contributed by atoms with E-state index in [2.05, 4.69) is 255 Å². The molecule has 0 N–H and O–H groups in total. The van der Waals surface area contributed by atoms with Gasteiger partial charge in [-0.25, -0.2) is 0 Å². The van der Waals surface area contributed by atoms with Crippen molar-refractivity contribution in [3.05, 3.63) is 270 Å². The standard InChI is InChI=1S/C62H45N/c1-61(44-26-8-4-9-27-44)51-35-15-12-31-49(51)59-53(61)37-20-40-56(59)63(57-41-21-38-54-60(57)50-32-13-16-36-52(50)62(54,2)45-28-10-5-11-29-45)55-39-17-14-30-47(55)48-34-19-25-43-24-18-33-46(58(43)48)42-22-6-3-7-23-42/h3-41H,1-2H3. The first kappa shape index (κ1) is 37.1. The van der Waals surface area contributed by atoms with Gasteiger partial charge in [0, 0.05) is 27.5 Å². The molecule has 0 aliphatic heterocycles. The van der Waals surface area contributed by atoms with Gasteiger partial charge < -0.3 is 4.90 Å². The maximum absolute atomic E-state index is 2.61. The van der Waals surface area contributed by atoms with Crippen LogP contribution >= 0.6 is 0 Å². The molecule has 12 rings (SSSR count). The Hall–Kier alpha value is -7.74. The summed E-state index contributed by atoms with van der Waals surface area (Å²) in [7, 11) is 0. The zero-order valence-corrected chi connectivity index (χ0v) is 35.5. The summed E-state index contributed by atoms with van der Waals surface area (Å²) in [5, 5.41) is 2.47. The lowest BCUT2D eigenvalue weighted by molar-refractivity contribution is 0.713. The molecular weight excluding hydrogens is 759 g/mol. The van der Waals surface area contributed by atoms with Crippen molar-refractivity contribution in [1.29, 1.82) is 0 Å². The highest BCUT2D eigenvalue weighted by atomic mass is 15.2. The van der Waals surface area contributed by atoms with Crippen LogP contribution in [0.5, 0.6) is 0 Å². The third-order valence-electron chi connectivity index (χ3n) is 14.2. The molecule has 2 aliphatic rings. The second kappa shape index (κ2) is 14.4. The van der Waals surface area contributed by atoms with Gasteiger partial charge in [0.05, 0.1) is 17.1 Å². The van der Waals surface area contributed by atoms with Crippen LogP contribution in [0.4, 0.5) is 17.1 Å². The van der Waals surface area contributed by atoms with Gasteiger partial charge in [-0.15, -0.1) is 0 Å². The van der Waals surface area contributed by atoms with Crippen molar-refractivity contribution < 1.29 is 0 Å². The highest BCUT2D eigenvalue weighted by Gasteiger charge is 2.45. The normalized spacial score (nSPS) is 16.9. The van der Waals surface area contributed by atoms with Gasteiger partial charge in [-0.3, -0.25) is 0 Å². The largest absolute Gasteiger partial charge is 0.309 e. The third kappa shape index (κ3) is 5.43. The van der Waals surface area contributed by atoms with E-state index in [1.807, 2.05) is 0 Å². The summed E-state index contributed by atoms with van der Waals surface area (Å²) in [6, 6.07) is 87.7. The molecule has 10 aromatic carbocycles. The number of para-hydroxylation sites is 1. The van der Waals surface area contributed by atoms with E-state index in [1.165, 1.54) is 88.7 Å². The van der Waals surface area contributed by atoms with Crippen LogP contribution in [-0.4, -0.2) is 0 Å². The molecule has 0 bridgehead atoms. The molecule has 63 heavy (non-hydrogen) atoms. The molecule has 0 saturated carbocycles. The van der Waals surface area contributed by atoms with E-state index >= 15 is 0 Å². The highest BCUT2D eigenvalue weighted by molar-refractivity contribution is 6.10. The Morgan fingerprint density at radius 3 is 1.21 bits per heavy atom. The Balaban J connectivity index is 1.20. The number of hydrogen-bond donors (Lipinski definition) is 0. The highest BCUT2D eigenvalue weighted by Crippen LogP contribution is 2.61. The first-order valence-corrected chi connectivity index (χ1v) is 22.1. The zero-order valence-electron chi connectivity index (χ0n) is 35.5. The number of rotatable bonds is 7. The lowest BCUT2D eigenvalue weighted by Gasteiger charge is -2.33. The lowest BCUT2D eigenvalue weighted by Crippen LogP contribution is -2.23. The minimum Gasteiger partial charge on any atom is -0.309 e. The first-order chi connectivity index (χ1) is 31.1. The lowest BCUT2D eigenvalue weighted by atomic mass is 9.74. The SMILES string of the molecule is CC1(c2ccccc2)c2ccccc2-c2c(N(c3ccccc3-c3cccc4cccc(-c5ccccc5)c34)c3cccc4c3-c3ccccc3C4(C)c3ccccc3)cccc21. The van der Waals surface area contributed by atoms with Crippen LogP contribution in [0.1, 0.15) is 47.2 Å². The zero-order chi connectivity index (χ0) is 42.1. The van der Waals surface area contributed by atoms with Crippen molar-refractivity contribution >= 4 is 27.8 Å². The molecule has 0 heterocycles. The molecule has 2 atom stereocenters. The van der Waals surface area contributed by atoms with Crippen LogP contribution in [-0.2, 0) is 10.8 Å². The van der Waals surface area contributed by atoms with E-state index in [9.17, 15) is 0 Å². The summed E-state index contributed by atoms with van der Waals surface area (Å²) in [5.41, 5.74) is 20.5. The van der Waals surface area contributed by atoms with E-state index in [0.29, 0.717) is 0 Å². The van der Waals surface area contributed by atoms with Gasteiger partial charge in [0.2, 0.25) is 0 Å². The smallest absolute Gasteiger partial charge is 0.0543 e. The number of anilines is 3. The van der Waals surface area contributed by atoms with Gasteiger partial charge in [-0.1, -0.05) is 218 Å². The fourth-order valence-corrected chi connectivity index (χ4v) is 11.3. The van der Waals surface area contributed by atoms with Gasteiger partial charge in [0.25, 0.3) is 0 Å². The van der Waals surface area contributed by atoms with Crippen LogP contribution < -0.4 is 4.90 Å². The van der Waals surface area contributed by atoms with Crippen LogP contribution in [0.15, 0.2) is 237 Å². The Labute approximate surface area is 370 Å². The summed E-state index contributed by atoms with van der Waals surface area (Å²) < 4.78 is 0. The fraction of sp³-hybridized carbons (Fsp3) is 0.0645. The molecule has 2 aliphatic carbocycles. The van der Waals surface area contributed by atoms with Gasteiger partial charge in [-0.05, 0) is 104 Å². The maximum atomic E-state index is 2.61.